The maximum absolute atomic E-state index is 9.31. The standard InChI is InChI=1S/C21H24N4/c1-24-9-5-8-18(13-24)23-19-10-17-12-25(15-22)14-21(17)20(11-19)16-6-3-2-4-7-16/h2-4,6-7,10-11,18,23H,5,8-9,12-14H2,1H3. The van der Waals surface area contributed by atoms with Crippen molar-refractivity contribution in [2.24, 2.45) is 0 Å². The third-order valence-electron chi connectivity index (χ3n) is 5.27. The SMILES string of the molecule is CN1CCCC(Nc2cc3c(c(-c4ccccc4)c2)CN(C#N)C3)C1. The predicted octanol–water partition coefficient (Wildman–Crippen LogP) is 3.66. The number of nitriles is 1. The van der Waals surface area contributed by atoms with Gasteiger partial charge >= 0.3 is 0 Å². The highest BCUT2D eigenvalue weighted by Gasteiger charge is 2.24. The van der Waals surface area contributed by atoms with Gasteiger partial charge in [0.15, 0.2) is 6.19 Å². The molecule has 0 aliphatic carbocycles. The van der Waals surface area contributed by atoms with Crippen LogP contribution in [0.4, 0.5) is 5.69 Å². The van der Waals surface area contributed by atoms with Crippen LogP contribution >= 0.6 is 0 Å². The first-order valence-corrected chi connectivity index (χ1v) is 9.04. The van der Waals surface area contributed by atoms with Crippen LogP contribution in [0.2, 0.25) is 0 Å². The van der Waals surface area contributed by atoms with Gasteiger partial charge in [-0.25, -0.2) is 0 Å². The summed E-state index contributed by atoms with van der Waals surface area (Å²) in [4.78, 5) is 4.22. The van der Waals surface area contributed by atoms with Gasteiger partial charge in [-0.2, -0.15) is 5.26 Å². The zero-order chi connectivity index (χ0) is 17.2. The minimum absolute atomic E-state index is 0.494. The Balaban J connectivity index is 1.68. The van der Waals surface area contributed by atoms with E-state index in [1.807, 2.05) is 11.0 Å². The summed E-state index contributed by atoms with van der Waals surface area (Å²) in [5, 5.41) is 13.1. The third kappa shape index (κ3) is 3.33. The Morgan fingerprint density at radius 2 is 2.00 bits per heavy atom. The number of hydrogen-bond acceptors (Lipinski definition) is 4. The second-order valence-corrected chi connectivity index (χ2v) is 7.23. The normalized spacial score (nSPS) is 20.2. The highest BCUT2D eigenvalue weighted by Crippen LogP contribution is 2.35. The molecule has 25 heavy (non-hydrogen) atoms. The summed E-state index contributed by atoms with van der Waals surface area (Å²) >= 11 is 0. The number of nitrogens with one attached hydrogen (secondary N) is 1. The summed E-state index contributed by atoms with van der Waals surface area (Å²) in [6.45, 7) is 3.70. The Morgan fingerprint density at radius 3 is 2.76 bits per heavy atom. The zero-order valence-corrected chi connectivity index (χ0v) is 14.7. The molecule has 0 radical (unpaired) electrons. The second-order valence-electron chi connectivity index (χ2n) is 7.23. The Kier molecular flexibility index (Phi) is 4.33. The van der Waals surface area contributed by atoms with Crippen LogP contribution in [0.25, 0.3) is 11.1 Å². The molecule has 128 valence electrons. The Labute approximate surface area is 149 Å². The molecule has 0 saturated carbocycles. The van der Waals surface area contributed by atoms with Crippen molar-refractivity contribution in [2.45, 2.75) is 32.0 Å². The molecular formula is C21H24N4. The van der Waals surface area contributed by atoms with Crippen molar-refractivity contribution in [3.8, 4) is 17.3 Å². The summed E-state index contributed by atoms with van der Waals surface area (Å²) in [5.41, 5.74) is 6.22. The summed E-state index contributed by atoms with van der Waals surface area (Å²) in [6, 6.07) is 15.5. The molecule has 4 rings (SSSR count). The van der Waals surface area contributed by atoms with Crippen LogP contribution in [0.15, 0.2) is 42.5 Å². The number of rotatable bonds is 3. The lowest BCUT2D eigenvalue weighted by atomic mass is 9.95. The van der Waals surface area contributed by atoms with Gasteiger partial charge in [-0.05, 0) is 60.8 Å². The van der Waals surface area contributed by atoms with Gasteiger partial charge in [0, 0.05) is 18.3 Å². The first-order valence-electron chi connectivity index (χ1n) is 9.04. The van der Waals surface area contributed by atoms with Crippen molar-refractivity contribution in [1.29, 1.82) is 5.26 Å². The van der Waals surface area contributed by atoms with Crippen LogP contribution in [0, 0.1) is 11.5 Å². The number of piperidine rings is 1. The van der Waals surface area contributed by atoms with Gasteiger partial charge in [-0.15, -0.1) is 0 Å². The smallest absolute Gasteiger partial charge is 0.179 e. The quantitative estimate of drug-likeness (QED) is 0.871. The number of benzene rings is 2. The van der Waals surface area contributed by atoms with E-state index >= 15 is 0 Å². The molecule has 1 saturated heterocycles. The van der Waals surface area contributed by atoms with Crippen molar-refractivity contribution in [2.75, 3.05) is 25.5 Å². The van der Waals surface area contributed by atoms with E-state index in [0.29, 0.717) is 19.1 Å². The fourth-order valence-corrected chi connectivity index (χ4v) is 4.06. The summed E-state index contributed by atoms with van der Waals surface area (Å²) in [7, 11) is 2.19. The zero-order valence-electron chi connectivity index (χ0n) is 14.7. The molecule has 2 aliphatic rings. The van der Waals surface area contributed by atoms with Gasteiger partial charge in [0.2, 0.25) is 0 Å². The first-order chi connectivity index (χ1) is 12.2. The van der Waals surface area contributed by atoms with Gasteiger partial charge in [0.25, 0.3) is 0 Å². The molecule has 0 amide bonds. The molecule has 2 heterocycles. The fourth-order valence-electron chi connectivity index (χ4n) is 4.06. The van der Waals surface area contributed by atoms with E-state index in [0.717, 1.165) is 6.54 Å². The number of nitrogens with zero attached hydrogens (tertiary/aromatic N) is 3. The molecule has 2 aromatic carbocycles. The molecule has 1 N–H and O–H groups in total. The maximum Gasteiger partial charge on any atom is 0.179 e. The van der Waals surface area contributed by atoms with Gasteiger partial charge in [0.05, 0.1) is 13.1 Å². The highest BCUT2D eigenvalue weighted by molar-refractivity contribution is 5.74. The molecule has 1 unspecified atom stereocenters. The molecular weight excluding hydrogens is 308 g/mol. The van der Waals surface area contributed by atoms with Crippen LogP contribution in [0.1, 0.15) is 24.0 Å². The first kappa shape index (κ1) is 16.0. The third-order valence-corrected chi connectivity index (χ3v) is 5.27. The van der Waals surface area contributed by atoms with Crippen LogP contribution in [0.3, 0.4) is 0 Å². The van der Waals surface area contributed by atoms with Crippen molar-refractivity contribution >= 4 is 5.69 Å². The lowest BCUT2D eigenvalue weighted by Crippen LogP contribution is -2.39. The number of hydrogen-bond donors (Lipinski definition) is 1. The number of likely N-dealkylation sites (tertiary alicyclic amines) is 1. The largest absolute Gasteiger partial charge is 0.381 e. The van der Waals surface area contributed by atoms with Crippen LogP contribution in [-0.4, -0.2) is 36.0 Å². The monoisotopic (exact) mass is 332 g/mol. The van der Waals surface area contributed by atoms with Gasteiger partial charge in [-0.3, -0.25) is 0 Å². The van der Waals surface area contributed by atoms with E-state index < -0.39 is 0 Å². The summed E-state index contributed by atoms with van der Waals surface area (Å²) < 4.78 is 0. The lowest BCUT2D eigenvalue weighted by molar-refractivity contribution is 0.261. The molecule has 0 spiro atoms. The van der Waals surface area contributed by atoms with Gasteiger partial charge < -0.3 is 15.1 Å². The topological polar surface area (TPSA) is 42.3 Å². The van der Waals surface area contributed by atoms with E-state index in [4.69, 9.17) is 0 Å². The average Bonchev–Trinajstić information content (AvgIpc) is 3.05. The minimum Gasteiger partial charge on any atom is -0.381 e. The molecule has 0 aromatic heterocycles. The number of anilines is 1. The van der Waals surface area contributed by atoms with Crippen molar-refractivity contribution in [3.63, 3.8) is 0 Å². The van der Waals surface area contributed by atoms with E-state index in [-0.39, 0.29) is 0 Å². The van der Waals surface area contributed by atoms with Crippen LogP contribution in [-0.2, 0) is 13.1 Å². The van der Waals surface area contributed by atoms with E-state index in [1.54, 1.807) is 0 Å². The van der Waals surface area contributed by atoms with Crippen LogP contribution < -0.4 is 5.32 Å². The highest BCUT2D eigenvalue weighted by atomic mass is 15.1. The number of fused-ring (bicyclic) bond motifs is 1. The molecule has 0 bridgehead atoms. The number of likely N-dealkylation sites (N-methyl/N-ethyl adjacent to an activating group) is 1. The lowest BCUT2D eigenvalue weighted by Gasteiger charge is -2.31. The van der Waals surface area contributed by atoms with Crippen molar-refractivity contribution in [1.82, 2.24) is 9.80 Å². The molecule has 4 nitrogen and oxygen atoms in total. The minimum atomic E-state index is 0.494. The molecule has 1 fully saturated rings. The molecule has 1 atom stereocenters. The van der Waals surface area contributed by atoms with Crippen molar-refractivity contribution < 1.29 is 0 Å². The average molecular weight is 332 g/mol. The fraction of sp³-hybridized carbons (Fsp3) is 0.381. The Bertz CT molecular complexity index is 794. The molecule has 2 aliphatic heterocycles. The van der Waals surface area contributed by atoms with Crippen LogP contribution in [0.5, 0.6) is 0 Å². The van der Waals surface area contributed by atoms with Crippen molar-refractivity contribution in [3.05, 3.63) is 53.6 Å². The van der Waals surface area contributed by atoms with E-state index in [9.17, 15) is 5.26 Å². The van der Waals surface area contributed by atoms with E-state index in [1.165, 1.54) is 47.3 Å². The van der Waals surface area contributed by atoms with Gasteiger partial charge in [0.1, 0.15) is 0 Å². The summed E-state index contributed by atoms with van der Waals surface area (Å²) in [6.07, 6.45) is 4.76. The molecule has 4 heteroatoms. The Hall–Kier alpha value is -2.51. The second kappa shape index (κ2) is 6.78. The van der Waals surface area contributed by atoms with E-state index in [2.05, 4.69) is 59.9 Å². The maximum atomic E-state index is 9.31. The van der Waals surface area contributed by atoms with Gasteiger partial charge in [-0.1, -0.05) is 30.3 Å². The summed E-state index contributed by atoms with van der Waals surface area (Å²) in [5.74, 6) is 0. The molecule has 2 aromatic rings. The predicted molar refractivity (Wildman–Crippen MR) is 101 cm³/mol. The Morgan fingerprint density at radius 1 is 1.16 bits per heavy atom.